The van der Waals surface area contributed by atoms with Crippen LogP contribution in [0.5, 0.6) is 0 Å². The summed E-state index contributed by atoms with van der Waals surface area (Å²) in [4.78, 5) is 32.2. The molecule has 0 atom stereocenters. The number of benzene rings is 2. The van der Waals surface area contributed by atoms with E-state index < -0.39 is 0 Å². The Balaban J connectivity index is 1.69. The van der Waals surface area contributed by atoms with E-state index in [-0.39, 0.29) is 23.3 Å². The maximum atomic E-state index is 12.4. The van der Waals surface area contributed by atoms with E-state index in [1.807, 2.05) is 18.2 Å². The van der Waals surface area contributed by atoms with Crippen molar-refractivity contribution < 1.29 is 9.59 Å². The Hall–Kier alpha value is -3.25. The molecule has 0 bridgehead atoms. The van der Waals surface area contributed by atoms with E-state index in [4.69, 9.17) is 11.6 Å². The lowest BCUT2D eigenvalue weighted by molar-refractivity contribution is 0.0945. The van der Waals surface area contributed by atoms with E-state index in [1.54, 1.807) is 30.3 Å². The van der Waals surface area contributed by atoms with E-state index in [0.29, 0.717) is 22.8 Å². The van der Waals surface area contributed by atoms with E-state index in [0.717, 1.165) is 5.56 Å². The van der Waals surface area contributed by atoms with Gasteiger partial charge in [-0.3, -0.25) is 9.59 Å². The molecule has 2 aromatic carbocycles. The van der Waals surface area contributed by atoms with Crippen molar-refractivity contribution in [3.8, 4) is 0 Å². The second-order valence-corrected chi connectivity index (χ2v) is 6.21. The second-order valence-electron chi connectivity index (χ2n) is 5.80. The Bertz CT molecular complexity index is 991. The first-order valence-corrected chi connectivity index (χ1v) is 8.63. The first-order valence-electron chi connectivity index (χ1n) is 8.25. The number of halogens is 1. The van der Waals surface area contributed by atoms with Crippen LogP contribution in [0.3, 0.4) is 0 Å². The maximum Gasteiger partial charge on any atom is 0.270 e. The molecule has 136 valence electrons. The van der Waals surface area contributed by atoms with Crippen molar-refractivity contribution in [3.05, 3.63) is 82.6 Å². The number of Topliss-reactive ketones (excluding diaryl/α,β-unsaturated/α-hetero) is 1. The zero-order valence-electron chi connectivity index (χ0n) is 14.6. The van der Waals surface area contributed by atoms with Crippen LogP contribution in [0.1, 0.15) is 33.3 Å². The van der Waals surface area contributed by atoms with Gasteiger partial charge in [0.05, 0.1) is 0 Å². The number of aromatic nitrogens is 2. The number of nitrogens with one attached hydrogen (secondary N) is 2. The monoisotopic (exact) mass is 380 g/mol. The van der Waals surface area contributed by atoms with E-state index >= 15 is 0 Å². The number of hydrogen-bond donors (Lipinski definition) is 2. The number of ketones is 1. The third kappa shape index (κ3) is 4.89. The number of rotatable bonds is 6. The van der Waals surface area contributed by atoms with Crippen LogP contribution in [-0.4, -0.2) is 21.7 Å². The first kappa shape index (κ1) is 18.5. The minimum Gasteiger partial charge on any atom is -0.347 e. The van der Waals surface area contributed by atoms with Crippen LogP contribution in [0.2, 0.25) is 5.02 Å². The van der Waals surface area contributed by atoms with Crippen LogP contribution in [0, 0.1) is 0 Å². The molecule has 0 aliphatic carbocycles. The van der Waals surface area contributed by atoms with Gasteiger partial charge >= 0.3 is 0 Å². The van der Waals surface area contributed by atoms with Crippen LogP contribution in [0.15, 0.2) is 60.8 Å². The fourth-order valence-electron chi connectivity index (χ4n) is 2.40. The molecule has 2 N–H and O–H groups in total. The van der Waals surface area contributed by atoms with Crippen molar-refractivity contribution in [2.24, 2.45) is 0 Å². The summed E-state index contributed by atoms with van der Waals surface area (Å²) in [5, 5.41) is 6.38. The zero-order chi connectivity index (χ0) is 19.2. The molecule has 3 rings (SSSR count). The normalized spacial score (nSPS) is 10.3. The Morgan fingerprint density at radius 3 is 2.67 bits per heavy atom. The van der Waals surface area contributed by atoms with Crippen molar-refractivity contribution >= 4 is 34.9 Å². The highest BCUT2D eigenvalue weighted by Crippen LogP contribution is 2.16. The van der Waals surface area contributed by atoms with Crippen LogP contribution >= 0.6 is 11.6 Å². The van der Waals surface area contributed by atoms with Crippen molar-refractivity contribution in [3.63, 3.8) is 0 Å². The first-order chi connectivity index (χ1) is 13.0. The van der Waals surface area contributed by atoms with Gasteiger partial charge in [0.1, 0.15) is 5.69 Å². The van der Waals surface area contributed by atoms with Gasteiger partial charge in [-0.2, -0.15) is 0 Å². The highest BCUT2D eigenvalue weighted by molar-refractivity contribution is 6.31. The van der Waals surface area contributed by atoms with Gasteiger partial charge < -0.3 is 10.6 Å². The average Bonchev–Trinajstić information content (AvgIpc) is 2.67. The van der Waals surface area contributed by atoms with Gasteiger partial charge in [-0.25, -0.2) is 9.97 Å². The van der Waals surface area contributed by atoms with Gasteiger partial charge in [-0.15, -0.1) is 0 Å². The van der Waals surface area contributed by atoms with Gasteiger partial charge in [0.2, 0.25) is 5.95 Å². The number of nitrogens with zero attached hydrogens (tertiary/aromatic N) is 2. The molecule has 0 fully saturated rings. The average molecular weight is 381 g/mol. The molecule has 3 aromatic rings. The van der Waals surface area contributed by atoms with Crippen molar-refractivity contribution in [2.75, 3.05) is 5.32 Å². The van der Waals surface area contributed by atoms with Crippen LogP contribution in [0.4, 0.5) is 11.6 Å². The minimum atomic E-state index is -0.335. The summed E-state index contributed by atoms with van der Waals surface area (Å²) in [7, 11) is 0. The molecule has 6 nitrogen and oxygen atoms in total. The predicted molar refractivity (Wildman–Crippen MR) is 104 cm³/mol. The summed E-state index contributed by atoms with van der Waals surface area (Å²) in [6.45, 7) is 1.80. The number of hydrogen-bond acceptors (Lipinski definition) is 5. The summed E-state index contributed by atoms with van der Waals surface area (Å²) < 4.78 is 0. The third-order valence-corrected chi connectivity index (χ3v) is 4.18. The molecule has 0 saturated carbocycles. The highest BCUT2D eigenvalue weighted by atomic mass is 35.5. The highest BCUT2D eigenvalue weighted by Gasteiger charge is 2.10. The number of anilines is 2. The van der Waals surface area contributed by atoms with E-state index in [9.17, 15) is 9.59 Å². The molecule has 0 spiro atoms. The molecule has 1 aromatic heterocycles. The molecule has 1 heterocycles. The lowest BCUT2D eigenvalue weighted by Gasteiger charge is -2.09. The Morgan fingerprint density at radius 2 is 1.89 bits per heavy atom. The van der Waals surface area contributed by atoms with Gasteiger partial charge in [0.15, 0.2) is 5.78 Å². The van der Waals surface area contributed by atoms with Crippen LogP contribution in [0.25, 0.3) is 0 Å². The molecule has 0 aliphatic rings. The molecule has 0 radical (unpaired) electrons. The minimum absolute atomic E-state index is 0.0349. The maximum absolute atomic E-state index is 12.4. The fraction of sp³-hybridized carbons (Fsp3) is 0.100. The number of carbonyl (C=O) groups is 2. The summed E-state index contributed by atoms with van der Waals surface area (Å²) in [6, 6.07) is 15.8. The molecule has 0 unspecified atom stereocenters. The molecule has 27 heavy (non-hydrogen) atoms. The SMILES string of the molecule is CC(=O)c1cccc(Nc2nccc(C(=O)NCc3ccccc3Cl)n2)c1. The quantitative estimate of drug-likeness (QED) is 0.631. The molecular formula is C20H17ClN4O2. The predicted octanol–water partition coefficient (Wildman–Crippen LogP) is 4.01. The Kier molecular flexibility index (Phi) is 5.78. The lowest BCUT2D eigenvalue weighted by atomic mass is 10.1. The van der Waals surface area contributed by atoms with Crippen molar-refractivity contribution in [1.29, 1.82) is 0 Å². The largest absolute Gasteiger partial charge is 0.347 e. The van der Waals surface area contributed by atoms with Crippen LogP contribution < -0.4 is 10.6 Å². The van der Waals surface area contributed by atoms with Crippen LogP contribution in [-0.2, 0) is 6.54 Å². The molecule has 7 heteroatoms. The van der Waals surface area contributed by atoms with E-state index in [1.165, 1.54) is 19.2 Å². The van der Waals surface area contributed by atoms with Gasteiger partial charge in [0, 0.05) is 29.0 Å². The second kappa shape index (κ2) is 8.42. The summed E-state index contributed by atoms with van der Waals surface area (Å²) in [6.07, 6.45) is 1.49. The summed E-state index contributed by atoms with van der Waals surface area (Å²) >= 11 is 6.09. The standard InChI is InChI=1S/C20H17ClN4O2/c1-13(26)14-6-4-7-16(11-14)24-20-22-10-9-18(25-20)19(27)23-12-15-5-2-3-8-17(15)21/h2-11H,12H2,1H3,(H,23,27)(H,22,24,25). The zero-order valence-corrected chi connectivity index (χ0v) is 15.3. The molecule has 0 saturated heterocycles. The van der Waals surface area contributed by atoms with Gasteiger partial charge in [0.25, 0.3) is 5.91 Å². The third-order valence-electron chi connectivity index (χ3n) is 3.81. The number of amides is 1. The summed E-state index contributed by atoms with van der Waals surface area (Å²) in [5.41, 5.74) is 2.29. The Labute approximate surface area is 161 Å². The fourth-order valence-corrected chi connectivity index (χ4v) is 2.60. The lowest BCUT2D eigenvalue weighted by Crippen LogP contribution is -2.24. The molecular weight excluding hydrogens is 364 g/mol. The molecule has 1 amide bonds. The van der Waals surface area contributed by atoms with Gasteiger partial charge in [-0.1, -0.05) is 41.9 Å². The smallest absolute Gasteiger partial charge is 0.270 e. The van der Waals surface area contributed by atoms with Gasteiger partial charge in [-0.05, 0) is 36.8 Å². The van der Waals surface area contributed by atoms with Crippen molar-refractivity contribution in [2.45, 2.75) is 13.5 Å². The Morgan fingerprint density at radius 1 is 1.07 bits per heavy atom. The molecule has 0 aliphatic heterocycles. The van der Waals surface area contributed by atoms with Crippen molar-refractivity contribution in [1.82, 2.24) is 15.3 Å². The topological polar surface area (TPSA) is 84.0 Å². The summed E-state index contributed by atoms with van der Waals surface area (Å²) in [5.74, 6) is -0.105. The van der Waals surface area contributed by atoms with E-state index in [2.05, 4.69) is 20.6 Å². The number of carbonyl (C=O) groups excluding carboxylic acids is 2.